The summed E-state index contributed by atoms with van der Waals surface area (Å²) >= 11 is 0. The van der Waals surface area contributed by atoms with Crippen LogP contribution in [0.2, 0.25) is 0 Å². The molecule has 0 bridgehead atoms. The highest BCUT2D eigenvalue weighted by molar-refractivity contribution is 5.68. The fraction of sp³-hybridized carbons (Fsp3) is 0.250. The molecule has 0 saturated heterocycles. The Bertz CT molecular complexity index is 415. The monoisotopic (exact) mass is 220 g/mol. The maximum atomic E-state index is 10.4. The molecule has 0 spiro atoms. The van der Waals surface area contributed by atoms with E-state index >= 15 is 0 Å². The Hall–Kier alpha value is -1.99. The van der Waals surface area contributed by atoms with E-state index < -0.39 is 12.6 Å². The van der Waals surface area contributed by atoms with Gasteiger partial charge in [0, 0.05) is 6.42 Å². The first kappa shape index (κ1) is 12.1. The van der Waals surface area contributed by atoms with Crippen LogP contribution in [-0.2, 0) is 4.79 Å². The van der Waals surface area contributed by atoms with E-state index in [2.05, 4.69) is 11.8 Å². The van der Waals surface area contributed by atoms with Crippen molar-refractivity contribution in [2.24, 2.45) is 0 Å². The van der Waals surface area contributed by atoms with Gasteiger partial charge in [-0.3, -0.25) is 0 Å². The second-order valence-electron chi connectivity index (χ2n) is 2.95. The molecule has 0 saturated carbocycles. The molecule has 0 unspecified atom stereocenters. The summed E-state index contributed by atoms with van der Waals surface area (Å²) in [6, 6.07) is 6.93. The van der Waals surface area contributed by atoms with E-state index in [0.29, 0.717) is 17.7 Å². The summed E-state index contributed by atoms with van der Waals surface area (Å²) in [5, 5.41) is 17.1. The van der Waals surface area contributed by atoms with E-state index in [1.165, 1.54) is 0 Å². The molecular formula is C12H12O4. The molecule has 0 atom stereocenters. The van der Waals surface area contributed by atoms with Crippen molar-refractivity contribution < 1.29 is 19.7 Å². The Morgan fingerprint density at radius 2 is 2.12 bits per heavy atom. The van der Waals surface area contributed by atoms with E-state index in [9.17, 15) is 4.79 Å². The summed E-state index contributed by atoms with van der Waals surface area (Å²) < 4.78 is 5.06. The van der Waals surface area contributed by atoms with Gasteiger partial charge in [0.15, 0.2) is 6.61 Å². The SMILES string of the molecule is O=C(O)COc1ccccc1C#CCCO. The van der Waals surface area contributed by atoms with Crippen LogP contribution in [-0.4, -0.2) is 29.4 Å². The molecule has 0 amide bonds. The van der Waals surface area contributed by atoms with Crippen molar-refractivity contribution in [3.05, 3.63) is 29.8 Å². The average Bonchev–Trinajstić information content (AvgIpc) is 2.28. The highest BCUT2D eigenvalue weighted by Gasteiger charge is 2.02. The van der Waals surface area contributed by atoms with Crippen molar-refractivity contribution in [1.82, 2.24) is 0 Å². The Morgan fingerprint density at radius 1 is 1.38 bits per heavy atom. The minimum absolute atomic E-state index is 0.00511. The van der Waals surface area contributed by atoms with Crippen LogP contribution < -0.4 is 4.74 Å². The number of carboxylic acids is 1. The van der Waals surface area contributed by atoms with E-state index in [0.717, 1.165) is 0 Å². The third-order valence-electron chi connectivity index (χ3n) is 1.70. The van der Waals surface area contributed by atoms with Gasteiger partial charge in [0.2, 0.25) is 0 Å². The van der Waals surface area contributed by atoms with E-state index in [1.54, 1.807) is 24.3 Å². The van der Waals surface area contributed by atoms with Crippen LogP contribution in [0.3, 0.4) is 0 Å². The molecule has 0 fully saturated rings. The molecule has 1 aromatic carbocycles. The van der Waals surface area contributed by atoms with Crippen LogP contribution in [0, 0.1) is 11.8 Å². The van der Waals surface area contributed by atoms with E-state index in [1.807, 2.05) is 0 Å². The van der Waals surface area contributed by atoms with Gasteiger partial charge < -0.3 is 14.9 Å². The average molecular weight is 220 g/mol. The van der Waals surface area contributed by atoms with Crippen molar-refractivity contribution in [2.75, 3.05) is 13.2 Å². The van der Waals surface area contributed by atoms with Crippen LogP contribution in [0.15, 0.2) is 24.3 Å². The van der Waals surface area contributed by atoms with Gasteiger partial charge in [-0.1, -0.05) is 24.0 Å². The molecule has 4 heteroatoms. The number of aliphatic hydroxyl groups is 1. The van der Waals surface area contributed by atoms with E-state index in [-0.39, 0.29) is 6.61 Å². The Kier molecular flexibility index (Phi) is 4.90. The normalized spacial score (nSPS) is 9.06. The highest BCUT2D eigenvalue weighted by atomic mass is 16.5. The minimum atomic E-state index is -1.03. The number of ether oxygens (including phenoxy) is 1. The summed E-state index contributed by atoms with van der Waals surface area (Å²) in [5.74, 6) is 4.97. The zero-order valence-corrected chi connectivity index (χ0v) is 8.64. The number of aliphatic carboxylic acids is 1. The van der Waals surface area contributed by atoms with Crippen LogP contribution in [0.1, 0.15) is 12.0 Å². The van der Waals surface area contributed by atoms with Gasteiger partial charge >= 0.3 is 5.97 Å². The van der Waals surface area contributed by atoms with E-state index in [4.69, 9.17) is 14.9 Å². The maximum absolute atomic E-state index is 10.4. The largest absolute Gasteiger partial charge is 0.481 e. The predicted molar refractivity (Wildman–Crippen MR) is 58.2 cm³/mol. The summed E-state index contributed by atoms with van der Waals surface area (Å²) in [6.07, 6.45) is 0.382. The lowest BCUT2D eigenvalue weighted by Crippen LogP contribution is -2.10. The van der Waals surface area contributed by atoms with Gasteiger partial charge in [-0.05, 0) is 12.1 Å². The smallest absolute Gasteiger partial charge is 0.341 e. The maximum Gasteiger partial charge on any atom is 0.341 e. The lowest BCUT2D eigenvalue weighted by atomic mass is 10.2. The zero-order chi connectivity index (χ0) is 11.8. The Morgan fingerprint density at radius 3 is 2.81 bits per heavy atom. The van der Waals surface area contributed by atoms with Crippen molar-refractivity contribution >= 4 is 5.97 Å². The molecular weight excluding hydrogens is 208 g/mol. The van der Waals surface area contributed by atoms with Crippen molar-refractivity contribution in [3.8, 4) is 17.6 Å². The number of para-hydroxylation sites is 1. The molecule has 2 N–H and O–H groups in total. The second kappa shape index (κ2) is 6.49. The highest BCUT2D eigenvalue weighted by Crippen LogP contribution is 2.16. The Labute approximate surface area is 93.5 Å². The number of carboxylic acid groups (broad SMARTS) is 1. The number of aliphatic hydroxyl groups excluding tert-OH is 1. The quantitative estimate of drug-likeness (QED) is 0.739. The third kappa shape index (κ3) is 4.03. The first-order valence-electron chi connectivity index (χ1n) is 4.77. The molecule has 1 rings (SSSR count). The predicted octanol–water partition coefficient (Wildman–Crippen LogP) is 0.884. The molecule has 0 radical (unpaired) electrons. The Balaban J connectivity index is 2.76. The minimum Gasteiger partial charge on any atom is -0.481 e. The number of benzene rings is 1. The summed E-state index contributed by atoms with van der Waals surface area (Å²) in [5.41, 5.74) is 0.622. The van der Waals surface area contributed by atoms with Gasteiger partial charge in [-0.2, -0.15) is 0 Å². The molecule has 84 valence electrons. The van der Waals surface area contributed by atoms with Crippen LogP contribution in [0.5, 0.6) is 5.75 Å². The van der Waals surface area contributed by atoms with Crippen molar-refractivity contribution in [2.45, 2.75) is 6.42 Å². The molecule has 0 aliphatic heterocycles. The lowest BCUT2D eigenvalue weighted by Gasteiger charge is -2.04. The third-order valence-corrected chi connectivity index (χ3v) is 1.70. The fourth-order valence-electron chi connectivity index (χ4n) is 1.05. The van der Waals surface area contributed by atoms with Gasteiger partial charge in [0.1, 0.15) is 5.75 Å². The molecule has 0 aliphatic carbocycles. The van der Waals surface area contributed by atoms with Gasteiger partial charge in [0.25, 0.3) is 0 Å². The van der Waals surface area contributed by atoms with Gasteiger partial charge in [-0.15, -0.1) is 0 Å². The zero-order valence-electron chi connectivity index (χ0n) is 8.64. The van der Waals surface area contributed by atoms with Gasteiger partial charge in [0.05, 0.1) is 12.2 Å². The molecule has 4 nitrogen and oxygen atoms in total. The van der Waals surface area contributed by atoms with Gasteiger partial charge in [-0.25, -0.2) is 4.79 Å². The fourth-order valence-corrected chi connectivity index (χ4v) is 1.05. The van der Waals surface area contributed by atoms with Crippen LogP contribution in [0.4, 0.5) is 0 Å². The molecule has 0 aliphatic rings. The second-order valence-corrected chi connectivity index (χ2v) is 2.95. The lowest BCUT2D eigenvalue weighted by molar-refractivity contribution is -0.139. The number of hydrogen-bond acceptors (Lipinski definition) is 3. The molecule has 0 aromatic heterocycles. The van der Waals surface area contributed by atoms with Crippen LogP contribution in [0.25, 0.3) is 0 Å². The summed E-state index contributed by atoms with van der Waals surface area (Å²) in [6.45, 7) is -0.385. The van der Waals surface area contributed by atoms with Crippen LogP contribution >= 0.6 is 0 Å². The first-order valence-corrected chi connectivity index (χ1v) is 4.77. The van der Waals surface area contributed by atoms with Crippen molar-refractivity contribution in [3.63, 3.8) is 0 Å². The van der Waals surface area contributed by atoms with Crippen molar-refractivity contribution in [1.29, 1.82) is 0 Å². The standard InChI is InChI=1S/C12H12O4/c13-8-4-3-6-10-5-1-2-7-11(10)16-9-12(14)15/h1-2,5,7,13H,4,8-9H2,(H,14,15). The topological polar surface area (TPSA) is 66.8 Å². The number of hydrogen-bond donors (Lipinski definition) is 2. The number of rotatable bonds is 4. The number of carbonyl (C=O) groups is 1. The summed E-state index contributed by atoms with van der Waals surface area (Å²) in [7, 11) is 0. The molecule has 0 heterocycles. The molecule has 16 heavy (non-hydrogen) atoms. The first-order chi connectivity index (χ1) is 7.74. The molecule has 1 aromatic rings. The summed E-state index contributed by atoms with van der Waals surface area (Å²) in [4.78, 5) is 10.4.